The first-order chi connectivity index (χ1) is 10.8. The third-order valence-electron chi connectivity index (χ3n) is 3.96. The van der Waals surface area contributed by atoms with E-state index < -0.39 is 0 Å². The maximum atomic E-state index is 14.2. The van der Waals surface area contributed by atoms with Crippen molar-refractivity contribution in [2.24, 2.45) is 0 Å². The van der Waals surface area contributed by atoms with E-state index in [9.17, 15) is 4.39 Å². The molecular weight excluding hydrogens is 281 g/mol. The third-order valence-corrected chi connectivity index (χ3v) is 3.96. The van der Waals surface area contributed by atoms with Crippen molar-refractivity contribution >= 4 is 5.82 Å². The molecule has 22 heavy (non-hydrogen) atoms. The van der Waals surface area contributed by atoms with Gasteiger partial charge in [-0.15, -0.1) is 0 Å². The Morgan fingerprint density at radius 1 is 1.14 bits per heavy atom. The summed E-state index contributed by atoms with van der Waals surface area (Å²) in [5.74, 6) is 1.30. The molecule has 1 N–H and O–H groups in total. The van der Waals surface area contributed by atoms with E-state index in [-0.39, 0.29) is 5.82 Å². The van der Waals surface area contributed by atoms with E-state index in [1.165, 1.54) is 6.07 Å². The van der Waals surface area contributed by atoms with Gasteiger partial charge in [0.05, 0.1) is 6.26 Å². The van der Waals surface area contributed by atoms with E-state index >= 15 is 0 Å². The highest BCUT2D eigenvalue weighted by molar-refractivity contribution is 5.68. The van der Waals surface area contributed by atoms with Crippen LogP contribution in [0.1, 0.15) is 18.4 Å². The second kappa shape index (κ2) is 5.33. The van der Waals surface area contributed by atoms with E-state index in [1.807, 2.05) is 18.2 Å². The molecule has 0 amide bonds. The molecule has 1 aliphatic rings. The summed E-state index contributed by atoms with van der Waals surface area (Å²) in [5, 5.41) is 8.02. The summed E-state index contributed by atoms with van der Waals surface area (Å²) in [5.41, 5.74) is 2.33. The SMILES string of the molecule is Fc1ccccc1-n1nc(-c2ccco2)c2c1NCCCC2. The summed E-state index contributed by atoms with van der Waals surface area (Å²) in [7, 11) is 0. The van der Waals surface area contributed by atoms with Gasteiger partial charge in [-0.1, -0.05) is 12.1 Å². The Morgan fingerprint density at radius 3 is 2.86 bits per heavy atom. The van der Waals surface area contributed by atoms with Crippen LogP contribution in [0.5, 0.6) is 0 Å². The number of halogens is 1. The van der Waals surface area contributed by atoms with Crippen LogP contribution in [-0.2, 0) is 6.42 Å². The lowest BCUT2D eigenvalue weighted by Crippen LogP contribution is -2.08. The molecule has 2 aromatic heterocycles. The molecule has 0 aliphatic carbocycles. The lowest BCUT2D eigenvalue weighted by atomic mass is 10.1. The Hall–Kier alpha value is -2.56. The molecule has 0 atom stereocenters. The Labute approximate surface area is 127 Å². The number of rotatable bonds is 2. The average molecular weight is 297 g/mol. The van der Waals surface area contributed by atoms with Crippen molar-refractivity contribution in [3.63, 3.8) is 0 Å². The monoisotopic (exact) mass is 297 g/mol. The predicted octanol–water partition coefficient (Wildman–Crippen LogP) is 4.02. The standard InChI is InChI=1S/C17H16FN3O/c18-13-7-1-2-8-14(13)21-17-12(6-3-4-10-19-17)16(20-21)15-9-5-11-22-15/h1-2,5,7-9,11,19H,3-4,6,10H2. The van der Waals surface area contributed by atoms with Gasteiger partial charge in [0.2, 0.25) is 0 Å². The molecule has 3 aromatic rings. The minimum absolute atomic E-state index is 0.287. The van der Waals surface area contributed by atoms with Crippen LogP contribution in [0.15, 0.2) is 47.1 Å². The highest BCUT2D eigenvalue weighted by Crippen LogP contribution is 2.34. The molecule has 0 radical (unpaired) electrons. The molecule has 0 fully saturated rings. The Balaban J connectivity index is 1.94. The van der Waals surface area contributed by atoms with Crippen molar-refractivity contribution in [2.75, 3.05) is 11.9 Å². The zero-order chi connectivity index (χ0) is 14.9. The van der Waals surface area contributed by atoms with Crippen LogP contribution in [-0.4, -0.2) is 16.3 Å². The molecule has 0 saturated carbocycles. The molecule has 4 nitrogen and oxygen atoms in total. The van der Waals surface area contributed by atoms with Crippen molar-refractivity contribution in [1.82, 2.24) is 9.78 Å². The first-order valence-corrected chi connectivity index (χ1v) is 7.49. The molecule has 0 unspecified atom stereocenters. The maximum absolute atomic E-state index is 14.2. The van der Waals surface area contributed by atoms with Crippen LogP contribution in [0.2, 0.25) is 0 Å². The number of fused-ring (bicyclic) bond motifs is 1. The highest BCUT2D eigenvalue weighted by Gasteiger charge is 2.23. The van der Waals surface area contributed by atoms with Gasteiger partial charge < -0.3 is 9.73 Å². The fourth-order valence-electron chi connectivity index (χ4n) is 2.91. The van der Waals surface area contributed by atoms with E-state index in [4.69, 9.17) is 4.42 Å². The van der Waals surface area contributed by atoms with Gasteiger partial charge in [0, 0.05) is 12.1 Å². The quantitative estimate of drug-likeness (QED) is 0.777. The molecule has 3 heterocycles. The van der Waals surface area contributed by atoms with Crippen molar-refractivity contribution < 1.29 is 8.81 Å². The second-order valence-electron chi connectivity index (χ2n) is 5.40. The van der Waals surface area contributed by atoms with Crippen molar-refractivity contribution in [1.29, 1.82) is 0 Å². The van der Waals surface area contributed by atoms with Crippen LogP contribution in [0, 0.1) is 5.82 Å². The van der Waals surface area contributed by atoms with Gasteiger partial charge in [-0.25, -0.2) is 9.07 Å². The highest BCUT2D eigenvalue weighted by atomic mass is 19.1. The van der Waals surface area contributed by atoms with Crippen LogP contribution >= 0.6 is 0 Å². The van der Waals surface area contributed by atoms with E-state index in [1.54, 1.807) is 23.1 Å². The molecule has 0 spiro atoms. The summed E-state index contributed by atoms with van der Waals surface area (Å²) in [4.78, 5) is 0. The second-order valence-corrected chi connectivity index (χ2v) is 5.40. The summed E-state index contributed by atoms with van der Waals surface area (Å²) >= 11 is 0. The zero-order valence-electron chi connectivity index (χ0n) is 12.1. The Morgan fingerprint density at radius 2 is 2.05 bits per heavy atom. The number of para-hydroxylation sites is 1. The molecule has 1 aromatic carbocycles. The number of furan rings is 1. The van der Waals surface area contributed by atoms with Gasteiger partial charge in [-0.3, -0.25) is 0 Å². The fourth-order valence-corrected chi connectivity index (χ4v) is 2.91. The average Bonchev–Trinajstić information content (AvgIpc) is 3.10. The van der Waals surface area contributed by atoms with Gasteiger partial charge in [0.1, 0.15) is 23.0 Å². The van der Waals surface area contributed by atoms with E-state index in [0.29, 0.717) is 5.69 Å². The molecule has 0 bridgehead atoms. The number of nitrogens with zero attached hydrogens (tertiary/aromatic N) is 2. The van der Waals surface area contributed by atoms with E-state index in [0.717, 1.165) is 48.6 Å². The lowest BCUT2D eigenvalue weighted by molar-refractivity contribution is 0.576. The molecule has 112 valence electrons. The molecule has 4 rings (SSSR count). The van der Waals surface area contributed by atoms with Crippen LogP contribution < -0.4 is 5.32 Å². The number of hydrogen-bond acceptors (Lipinski definition) is 3. The Kier molecular flexibility index (Phi) is 3.18. The number of hydrogen-bond donors (Lipinski definition) is 1. The van der Waals surface area contributed by atoms with Gasteiger partial charge in [0.15, 0.2) is 5.76 Å². The molecular formula is C17H16FN3O. The van der Waals surface area contributed by atoms with Crippen LogP contribution in [0.3, 0.4) is 0 Å². The first kappa shape index (κ1) is 13.1. The minimum Gasteiger partial charge on any atom is -0.463 e. The molecule has 0 saturated heterocycles. The number of nitrogens with one attached hydrogen (secondary N) is 1. The van der Waals surface area contributed by atoms with E-state index in [2.05, 4.69) is 10.4 Å². The van der Waals surface area contributed by atoms with Gasteiger partial charge >= 0.3 is 0 Å². The van der Waals surface area contributed by atoms with Gasteiger partial charge in [0.25, 0.3) is 0 Å². The maximum Gasteiger partial charge on any atom is 0.154 e. The normalized spacial score (nSPS) is 14.2. The van der Waals surface area contributed by atoms with Crippen LogP contribution in [0.25, 0.3) is 17.1 Å². The summed E-state index contributed by atoms with van der Waals surface area (Å²) < 4.78 is 21.4. The molecule has 5 heteroatoms. The minimum atomic E-state index is -0.287. The van der Waals surface area contributed by atoms with Crippen molar-refractivity contribution in [3.8, 4) is 17.1 Å². The fraction of sp³-hybridized carbons (Fsp3) is 0.235. The summed E-state index contributed by atoms with van der Waals surface area (Å²) in [6, 6.07) is 10.4. The zero-order valence-corrected chi connectivity index (χ0v) is 12.1. The number of anilines is 1. The smallest absolute Gasteiger partial charge is 0.154 e. The largest absolute Gasteiger partial charge is 0.463 e. The summed E-state index contributed by atoms with van der Waals surface area (Å²) in [6.45, 7) is 0.866. The Bertz CT molecular complexity index is 792. The van der Waals surface area contributed by atoms with Crippen LogP contribution in [0.4, 0.5) is 10.2 Å². The summed E-state index contributed by atoms with van der Waals surface area (Å²) in [6.07, 6.45) is 4.71. The van der Waals surface area contributed by atoms with Crippen molar-refractivity contribution in [3.05, 3.63) is 54.0 Å². The number of aromatic nitrogens is 2. The van der Waals surface area contributed by atoms with Crippen molar-refractivity contribution in [2.45, 2.75) is 19.3 Å². The number of benzene rings is 1. The van der Waals surface area contributed by atoms with Gasteiger partial charge in [-0.05, 0) is 43.5 Å². The predicted molar refractivity (Wildman–Crippen MR) is 82.7 cm³/mol. The topological polar surface area (TPSA) is 43.0 Å². The van der Waals surface area contributed by atoms with Gasteiger partial charge in [-0.2, -0.15) is 5.10 Å². The lowest BCUT2D eigenvalue weighted by Gasteiger charge is -2.09. The molecule has 1 aliphatic heterocycles. The third kappa shape index (κ3) is 2.09. The first-order valence-electron chi connectivity index (χ1n) is 7.49.